The Morgan fingerprint density at radius 1 is 1.07 bits per heavy atom. The third-order valence-electron chi connectivity index (χ3n) is 6.24. The molecule has 1 saturated heterocycles. The maximum Gasteiger partial charge on any atom is 0.253 e. The van der Waals surface area contributed by atoms with Gasteiger partial charge in [-0.3, -0.25) is 9.59 Å². The van der Waals surface area contributed by atoms with Crippen molar-refractivity contribution >= 4 is 21.8 Å². The number of benzene rings is 1. The average Bonchev–Trinajstić information content (AvgIpc) is 2.71. The first kappa shape index (κ1) is 22.7. The van der Waals surface area contributed by atoms with E-state index in [9.17, 15) is 18.0 Å². The summed E-state index contributed by atoms with van der Waals surface area (Å²) in [7, 11) is -3.50. The molecule has 0 bridgehead atoms. The fraction of sp³-hybridized carbons (Fsp3) is 0.636. The fourth-order valence-electron chi connectivity index (χ4n) is 4.51. The van der Waals surface area contributed by atoms with Gasteiger partial charge in [-0.05, 0) is 36.5 Å². The Kier molecular flexibility index (Phi) is 7.18. The van der Waals surface area contributed by atoms with Crippen LogP contribution >= 0.6 is 0 Å². The number of amides is 2. The number of sulfonamides is 1. The molecule has 2 fully saturated rings. The fourth-order valence-corrected chi connectivity index (χ4v) is 5.67. The number of nitrogens with one attached hydrogen (secondary N) is 1. The van der Waals surface area contributed by atoms with E-state index in [0.29, 0.717) is 44.0 Å². The zero-order valence-electron chi connectivity index (χ0n) is 18.1. The van der Waals surface area contributed by atoms with Crippen LogP contribution in [0.4, 0.5) is 0 Å². The van der Waals surface area contributed by atoms with Crippen molar-refractivity contribution in [3.8, 4) is 0 Å². The molecule has 2 atom stereocenters. The first-order valence-electron chi connectivity index (χ1n) is 10.8. The Balaban J connectivity index is 1.83. The lowest BCUT2D eigenvalue weighted by molar-refractivity contribution is -0.127. The molecule has 7 nitrogen and oxygen atoms in total. The van der Waals surface area contributed by atoms with Crippen LogP contribution in [-0.4, -0.2) is 67.9 Å². The van der Waals surface area contributed by atoms with Crippen LogP contribution in [0.2, 0.25) is 0 Å². The lowest BCUT2D eigenvalue weighted by atomic mass is 9.83. The van der Waals surface area contributed by atoms with Crippen LogP contribution in [-0.2, 0) is 14.8 Å². The molecule has 166 valence electrons. The highest BCUT2D eigenvalue weighted by molar-refractivity contribution is 7.88. The highest BCUT2D eigenvalue weighted by Gasteiger charge is 2.39. The quantitative estimate of drug-likeness (QED) is 0.789. The molecule has 1 saturated carbocycles. The predicted molar refractivity (Wildman–Crippen MR) is 117 cm³/mol. The SMILES string of the molecule is CC(C)c1ccc(C(=O)N2CCNC(=O)C3CCCCC3N(S(C)(=O)=O)CC2)cc1. The number of carbonyl (C=O) groups excluding carboxylic acids is 2. The normalized spacial score (nSPS) is 24.3. The molecule has 1 aliphatic heterocycles. The number of carbonyl (C=O) groups is 2. The smallest absolute Gasteiger partial charge is 0.253 e. The van der Waals surface area contributed by atoms with E-state index in [0.717, 1.165) is 18.4 Å². The van der Waals surface area contributed by atoms with Crippen molar-refractivity contribution in [3.05, 3.63) is 35.4 Å². The van der Waals surface area contributed by atoms with Crippen molar-refractivity contribution in [1.82, 2.24) is 14.5 Å². The molecule has 0 spiro atoms. The molecule has 8 heteroatoms. The maximum atomic E-state index is 13.1. The lowest BCUT2D eigenvalue weighted by Crippen LogP contribution is -2.55. The van der Waals surface area contributed by atoms with E-state index in [1.807, 2.05) is 24.3 Å². The molecule has 30 heavy (non-hydrogen) atoms. The van der Waals surface area contributed by atoms with Crippen LogP contribution in [0.1, 0.15) is 61.4 Å². The van der Waals surface area contributed by atoms with E-state index in [1.54, 1.807) is 4.90 Å². The second-order valence-electron chi connectivity index (χ2n) is 8.69. The largest absolute Gasteiger partial charge is 0.354 e. The van der Waals surface area contributed by atoms with Gasteiger partial charge in [-0.25, -0.2) is 8.42 Å². The summed E-state index contributed by atoms with van der Waals surface area (Å²) in [5, 5.41) is 2.93. The zero-order valence-corrected chi connectivity index (χ0v) is 19.0. The molecule has 3 rings (SSSR count). The van der Waals surface area contributed by atoms with Crippen LogP contribution in [0, 0.1) is 5.92 Å². The van der Waals surface area contributed by atoms with E-state index in [4.69, 9.17) is 0 Å². The Morgan fingerprint density at radius 2 is 1.73 bits per heavy atom. The number of fused-ring (bicyclic) bond motifs is 1. The summed E-state index contributed by atoms with van der Waals surface area (Å²) >= 11 is 0. The van der Waals surface area contributed by atoms with Crippen molar-refractivity contribution in [3.63, 3.8) is 0 Å². The third kappa shape index (κ3) is 5.21. The van der Waals surface area contributed by atoms with Crippen LogP contribution in [0.25, 0.3) is 0 Å². The van der Waals surface area contributed by atoms with Crippen LogP contribution in [0.5, 0.6) is 0 Å². The Morgan fingerprint density at radius 3 is 2.37 bits per heavy atom. The number of nitrogens with zero attached hydrogens (tertiary/aromatic N) is 2. The van der Waals surface area contributed by atoms with E-state index in [-0.39, 0.29) is 30.3 Å². The van der Waals surface area contributed by atoms with Gasteiger partial charge in [0.1, 0.15) is 0 Å². The van der Waals surface area contributed by atoms with Crippen molar-refractivity contribution in [2.45, 2.75) is 51.5 Å². The first-order valence-corrected chi connectivity index (χ1v) is 12.7. The molecule has 1 aromatic carbocycles. The Labute approximate surface area is 179 Å². The molecule has 1 aromatic rings. The monoisotopic (exact) mass is 435 g/mol. The maximum absolute atomic E-state index is 13.1. The van der Waals surface area contributed by atoms with Crippen LogP contribution in [0.15, 0.2) is 24.3 Å². The molecule has 0 radical (unpaired) electrons. The van der Waals surface area contributed by atoms with Crippen LogP contribution < -0.4 is 5.32 Å². The predicted octanol–water partition coefficient (Wildman–Crippen LogP) is 2.20. The summed E-state index contributed by atoms with van der Waals surface area (Å²) in [4.78, 5) is 27.5. The molecule has 2 unspecified atom stereocenters. The minimum absolute atomic E-state index is 0.107. The van der Waals surface area contributed by atoms with Crippen molar-refractivity contribution in [2.75, 3.05) is 32.4 Å². The van der Waals surface area contributed by atoms with E-state index in [1.165, 1.54) is 10.6 Å². The van der Waals surface area contributed by atoms with Gasteiger partial charge in [-0.2, -0.15) is 4.31 Å². The van der Waals surface area contributed by atoms with E-state index < -0.39 is 10.0 Å². The Bertz CT molecular complexity index is 867. The molecular formula is C22H33N3O4S. The summed E-state index contributed by atoms with van der Waals surface area (Å²) in [5.41, 5.74) is 1.73. The summed E-state index contributed by atoms with van der Waals surface area (Å²) in [6.07, 6.45) is 4.41. The summed E-state index contributed by atoms with van der Waals surface area (Å²) in [6.45, 7) is 5.44. The van der Waals surface area contributed by atoms with Gasteiger partial charge >= 0.3 is 0 Å². The third-order valence-corrected chi connectivity index (χ3v) is 7.55. The number of hydrogen-bond acceptors (Lipinski definition) is 4. The van der Waals surface area contributed by atoms with Gasteiger partial charge in [0.05, 0.1) is 12.2 Å². The average molecular weight is 436 g/mol. The summed E-state index contributed by atoms with van der Waals surface area (Å²) in [6, 6.07) is 7.21. The minimum Gasteiger partial charge on any atom is -0.354 e. The van der Waals surface area contributed by atoms with Gasteiger partial charge < -0.3 is 10.2 Å². The minimum atomic E-state index is -3.50. The number of rotatable bonds is 3. The molecule has 1 heterocycles. The second kappa shape index (κ2) is 9.47. The summed E-state index contributed by atoms with van der Waals surface area (Å²) in [5.74, 6) is -0.193. The highest BCUT2D eigenvalue weighted by atomic mass is 32.2. The molecular weight excluding hydrogens is 402 g/mol. The lowest BCUT2D eigenvalue weighted by Gasteiger charge is -2.39. The van der Waals surface area contributed by atoms with Crippen LogP contribution in [0.3, 0.4) is 0 Å². The van der Waals surface area contributed by atoms with Gasteiger partial charge in [0, 0.05) is 37.8 Å². The topological polar surface area (TPSA) is 86.8 Å². The van der Waals surface area contributed by atoms with Crippen molar-refractivity contribution in [1.29, 1.82) is 0 Å². The first-order chi connectivity index (χ1) is 14.2. The van der Waals surface area contributed by atoms with Gasteiger partial charge in [-0.1, -0.05) is 38.8 Å². The molecule has 2 amide bonds. The van der Waals surface area contributed by atoms with E-state index in [2.05, 4.69) is 19.2 Å². The molecule has 1 N–H and O–H groups in total. The Hall–Kier alpha value is -1.93. The number of hydrogen-bond donors (Lipinski definition) is 1. The highest BCUT2D eigenvalue weighted by Crippen LogP contribution is 2.30. The van der Waals surface area contributed by atoms with Gasteiger partial charge in [0.2, 0.25) is 15.9 Å². The van der Waals surface area contributed by atoms with Gasteiger partial charge in [-0.15, -0.1) is 0 Å². The van der Waals surface area contributed by atoms with E-state index >= 15 is 0 Å². The van der Waals surface area contributed by atoms with Gasteiger partial charge in [0.25, 0.3) is 5.91 Å². The zero-order chi connectivity index (χ0) is 21.9. The molecule has 2 aliphatic rings. The van der Waals surface area contributed by atoms with Crippen molar-refractivity contribution in [2.24, 2.45) is 5.92 Å². The van der Waals surface area contributed by atoms with Gasteiger partial charge in [0.15, 0.2) is 0 Å². The van der Waals surface area contributed by atoms with Crippen molar-refractivity contribution < 1.29 is 18.0 Å². The standard InChI is InChI=1S/C22H33N3O4S/c1-16(2)17-8-10-18(11-9-17)22(27)24-13-12-23-21(26)19-6-4-5-7-20(19)25(15-14-24)30(3,28)29/h8-11,16,19-20H,4-7,12-15H2,1-3H3,(H,23,26). The second-order valence-corrected chi connectivity index (χ2v) is 10.6. The summed E-state index contributed by atoms with van der Waals surface area (Å²) < 4.78 is 26.5. The molecule has 0 aromatic heterocycles. The molecule has 1 aliphatic carbocycles.